The highest BCUT2D eigenvalue weighted by Crippen LogP contribution is 2.21. The van der Waals surface area contributed by atoms with Gasteiger partial charge in [-0.05, 0) is 38.5 Å². The first kappa shape index (κ1) is 18.4. The summed E-state index contributed by atoms with van der Waals surface area (Å²) in [6.07, 6.45) is 0.272. The number of benzene rings is 1. The van der Waals surface area contributed by atoms with E-state index in [4.69, 9.17) is 11.6 Å². The van der Waals surface area contributed by atoms with Crippen LogP contribution in [0.2, 0.25) is 5.02 Å². The van der Waals surface area contributed by atoms with Crippen LogP contribution in [0.15, 0.2) is 29.2 Å². The minimum atomic E-state index is -1.11. The van der Waals surface area contributed by atoms with E-state index in [1.165, 1.54) is 16.9 Å². The second kappa shape index (κ2) is 6.86. The number of aliphatic hydroxyl groups is 1. The van der Waals surface area contributed by atoms with Gasteiger partial charge in [0.2, 0.25) is 0 Å². The average Bonchev–Trinajstić information content (AvgIpc) is 2.50. The molecule has 1 atom stereocenters. The van der Waals surface area contributed by atoms with Gasteiger partial charge in [0, 0.05) is 6.54 Å². The molecule has 1 heterocycles. The Morgan fingerprint density at radius 2 is 2.00 bits per heavy atom. The van der Waals surface area contributed by atoms with Crippen LogP contribution in [0.1, 0.15) is 32.4 Å². The molecule has 24 heavy (non-hydrogen) atoms. The molecule has 1 aromatic carbocycles. The van der Waals surface area contributed by atoms with E-state index in [-0.39, 0.29) is 22.8 Å². The molecule has 0 aliphatic carbocycles. The van der Waals surface area contributed by atoms with Crippen molar-refractivity contribution in [3.8, 4) is 0 Å². The fourth-order valence-corrected chi connectivity index (χ4v) is 2.27. The van der Waals surface area contributed by atoms with Crippen LogP contribution >= 0.6 is 11.6 Å². The molecule has 0 amide bonds. The highest BCUT2D eigenvalue weighted by molar-refractivity contribution is 6.32. The molecule has 0 saturated heterocycles. The van der Waals surface area contributed by atoms with Crippen LogP contribution in [-0.2, 0) is 5.54 Å². The van der Waals surface area contributed by atoms with Gasteiger partial charge in [0.15, 0.2) is 11.6 Å². The van der Waals surface area contributed by atoms with Crippen molar-refractivity contribution in [2.75, 3.05) is 11.9 Å². The van der Waals surface area contributed by atoms with Gasteiger partial charge in [-0.15, -0.1) is 0 Å². The second-order valence-corrected chi connectivity index (χ2v) is 6.71. The van der Waals surface area contributed by atoms with E-state index in [1.807, 2.05) is 20.8 Å². The van der Waals surface area contributed by atoms with E-state index < -0.39 is 28.8 Å². The average molecular weight is 358 g/mol. The van der Waals surface area contributed by atoms with Gasteiger partial charge in [-0.1, -0.05) is 17.7 Å². The molecule has 0 aliphatic rings. The fourth-order valence-electron chi connectivity index (χ4n) is 2.08. The van der Waals surface area contributed by atoms with E-state index in [0.717, 1.165) is 12.1 Å². The topological polar surface area (TPSA) is 67.2 Å². The Labute approximate surface area is 142 Å². The minimum Gasteiger partial charge on any atom is -0.387 e. The molecule has 2 rings (SSSR count). The molecular weight excluding hydrogens is 340 g/mol. The van der Waals surface area contributed by atoms with Gasteiger partial charge in [0.1, 0.15) is 5.02 Å². The zero-order valence-electron chi connectivity index (χ0n) is 13.5. The Bertz CT molecular complexity index is 803. The van der Waals surface area contributed by atoms with Crippen molar-refractivity contribution in [2.45, 2.75) is 32.4 Å². The summed E-state index contributed by atoms with van der Waals surface area (Å²) >= 11 is 6.05. The summed E-state index contributed by atoms with van der Waals surface area (Å²) in [5, 5.41) is 16.8. The normalized spacial score (nSPS) is 13.0. The van der Waals surface area contributed by atoms with E-state index in [2.05, 4.69) is 10.4 Å². The van der Waals surface area contributed by atoms with E-state index in [0.29, 0.717) is 0 Å². The lowest BCUT2D eigenvalue weighted by Crippen LogP contribution is -2.36. The molecule has 0 spiro atoms. The van der Waals surface area contributed by atoms with Crippen LogP contribution < -0.4 is 10.9 Å². The fraction of sp³-hybridized carbons (Fsp3) is 0.375. The zero-order chi connectivity index (χ0) is 18.1. The number of aliphatic hydroxyl groups excluding tert-OH is 1. The summed E-state index contributed by atoms with van der Waals surface area (Å²) < 4.78 is 27.4. The Morgan fingerprint density at radius 3 is 2.58 bits per heavy atom. The van der Waals surface area contributed by atoms with Gasteiger partial charge < -0.3 is 10.4 Å². The molecular formula is C16H18ClF2N3O2. The first-order valence-electron chi connectivity index (χ1n) is 7.26. The van der Waals surface area contributed by atoms with Crippen molar-refractivity contribution < 1.29 is 13.9 Å². The third kappa shape index (κ3) is 3.91. The summed E-state index contributed by atoms with van der Waals surface area (Å²) in [5.41, 5.74) is -0.529. The molecule has 2 N–H and O–H groups in total. The predicted molar refractivity (Wildman–Crippen MR) is 88.3 cm³/mol. The van der Waals surface area contributed by atoms with Crippen molar-refractivity contribution >= 4 is 17.3 Å². The molecule has 0 saturated carbocycles. The van der Waals surface area contributed by atoms with Crippen LogP contribution in [0.25, 0.3) is 0 Å². The second-order valence-electron chi connectivity index (χ2n) is 6.33. The summed E-state index contributed by atoms with van der Waals surface area (Å²) in [6, 6.07) is 3.13. The van der Waals surface area contributed by atoms with Gasteiger partial charge >= 0.3 is 0 Å². The Balaban J connectivity index is 2.16. The zero-order valence-corrected chi connectivity index (χ0v) is 14.2. The molecule has 0 radical (unpaired) electrons. The van der Waals surface area contributed by atoms with Crippen LogP contribution in [-0.4, -0.2) is 21.4 Å². The van der Waals surface area contributed by atoms with Crippen molar-refractivity contribution in [2.24, 2.45) is 0 Å². The van der Waals surface area contributed by atoms with Gasteiger partial charge in [-0.2, -0.15) is 5.10 Å². The van der Waals surface area contributed by atoms with Gasteiger partial charge in [0.05, 0.1) is 23.5 Å². The lowest BCUT2D eigenvalue weighted by molar-refractivity contribution is 0.191. The van der Waals surface area contributed by atoms with Gasteiger partial charge in [0.25, 0.3) is 5.56 Å². The van der Waals surface area contributed by atoms with Crippen LogP contribution in [0, 0.1) is 11.6 Å². The maximum absolute atomic E-state index is 13.2. The van der Waals surface area contributed by atoms with Gasteiger partial charge in [-0.25, -0.2) is 13.5 Å². The minimum absolute atomic E-state index is 0.0502. The quantitative estimate of drug-likeness (QED) is 0.882. The van der Waals surface area contributed by atoms with Crippen LogP contribution in [0.4, 0.5) is 14.5 Å². The number of nitrogens with zero attached hydrogens (tertiary/aromatic N) is 2. The maximum Gasteiger partial charge on any atom is 0.288 e. The van der Waals surface area contributed by atoms with Crippen molar-refractivity contribution in [3.05, 3.63) is 57.0 Å². The Kier molecular flexibility index (Phi) is 5.25. The SMILES string of the molecule is CC(C)(C)n1ncc(NC[C@@H](O)c2ccc(F)c(F)c2)c(Cl)c1=O. The molecule has 130 valence electrons. The molecule has 8 heteroatoms. The Morgan fingerprint density at radius 1 is 1.33 bits per heavy atom. The van der Waals surface area contributed by atoms with E-state index in [9.17, 15) is 18.7 Å². The van der Waals surface area contributed by atoms with E-state index >= 15 is 0 Å². The standard InChI is InChI=1S/C16H18ClF2N3O2/c1-16(2,3)22-15(24)14(17)12(7-21-22)20-8-13(23)9-4-5-10(18)11(19)6-9/h4-7,13,20,23H,8H2,1-3H3/t13-/m1/s1. The molecule has 2 aromatic rings. The number of hydrogen-bond acceptors (Lipinski definition) is 4. The number of anilines is 1. The summed E-state index contributed by atoms with van der Waals surface area (Å²) in [7, 11) is 0. The number of halogens is 3. The first-order valence-corrected chi connectivity index (χ1v) is 7.64. The van der Waals surface area contributed by atoms with E-state index in [1.54, 1.807) is 0 Å². The molecule has 0 unspecified atom stereocenters. The smallest absolute Gasteiger partial charge is 0.288 e. The monoisotopic (exact) mass is 357 g/mol. The number of aromatic nitrogens is 2. The summed E-state index contributed by atoms with van der Waals surface area (Å²) in [5.74, 6) is -2.03. The number of rotatable bonds is 4. The third-order valence-electron chi connectivity index (χ3n) is 3.37. The summed E-state index contributed by atoms with van der Waals surface area (Å²) in [4.78, 5) is 12.2. The number of hydrogen-bond donors (Lipinski definition) is 2. The van der Waals surface area contributed by atoms with Crippen molar-refractivity contribution in [1.82, 2.24) is 9.78 Å². The largest absolute Gasteiger partial charge is 0.387 e. The predicted octanol–water partition coefficient (Wildman–Crippen LogP) is 3.08. The number of nitrogens with one attached hydrogen (secondary N) is 1. The van der Waals surface area contributed by atoms with Crippen LogP contribution in [0.5, 0.6) is 0 Å². The molecule has 0 bridgehead atoms. The third-order valence-corrected chi connectivity index (χ3v) is 3.73. The lowest BCUT2D eigenvalue weighted by Gasteiger charge is -2.21. The molecule has 5 nitrogen and oxygen atoms in total. The highest BCUT2D eigenvalue weighted by Gasteiger charge is 2.20. The van der Waals surface area contributed by atoms with Crippen molar-refractivity contribution in [3.63, 3.8) is 0 Å². The first-order chi connectivity index (χ1) is 11.1. The Hall–Kier alpha value is -1.99. The van der Waals surface area contributed by atoms with Crippen LogP contribution in [0.3, 0.4) is 0 Å². The maximum atomic E-state index is 13.2. The highest BCUT2D eigenvalue weighted by atomic mass is 35.5. The molecule has 0 fully saturated rings. The summed E-state index contributed by atoms with van der Waals surface area (Å²) in [6.45, 7) is 5.40. The molecule has 0 aliphatic heterocycles. The molecule has 1 aromatic heterocycles. The lowest BCUT2D eigenvalue weighted by atomic mass is 10.1. The van der Waals surface area contributed by atoms with Gasteiger partial charge in [-0.3, -0.25) is 4.79 Å². The van der Waals surface area contributed by atoms with Crippen molar-refractivity contribution in [1.29, 1.82) is 0 Å².